The van der Waals surface area contributed by atoms with Gasteiger partial charge in [0.25, 0.3) is 0 Å². The molecule has 5 nitrogen and oxygen atoms in total. The molecule has 2 heterocycles. The highest BCUT2D eigenvalue weighted by Gasteiger charge is 2.32. The summed E-state index contributed by atoms with van der Waals surface area (Å²) in [5.74, 6) is -0.738. The van der Waals surface area contributed by atoms with Crippen LogP contribution in [0.4, 0.5) is 13.2 Å². The van der Waals surface area contributed by atoms with Gasteiger partial charge in [0, 0.05) is 24.8 Å². The summed E-state index contributed by atoms with van der Waals surface area (Å²) in [5.41, 5.74) is 3.05. The second kappa shape index (κ2) is 9.52. The Morgan fingerprint density at radius 1 is 1.03 bits per heavy atom. The first-order valence-corrected chi connectivity index (χ1v) is 12.1. The maximum absolute atomic E-state index is 12.8. The molecule has 0 radical (unpaired) electrons. The molecule has 0 N–H and O–H groups in total. The molecule has 0 spiro atoms. The van der Waals surface area contributed by atoms with Gasteiger partial charge in [-0.25, -0.2) is 8.42 Å². The fraction of sp³-hybridized carbons (Fsp3) is 0.292. The van der Waals surface area contributed by atoms with Gasteiger partial charge in [-0.2, -0.15) is 0 Å². The van der Waals surface area contributed by atoms with Crippen molar-refractivity contribution in [3.05, 3.63) is 78.5 Å². The minimum Gasteiger partial charge on any atom is -0.406 e. The lowest BCUT2D eigenvalue weighted by Gasteiger charge is -2.17. The van der Waals surface area contributed by atoms with E-state index in [1.54, 1.807) is 6.20 Å². The first kappa shape index (κ1) is 23.3. The summed E-state index contributed by atoms with van der Waals surface area (Å²) in [7, 11) is -3.74. The maximum atomic E-state index is 12.8. The van der Waals surface area contributed by atoms with Crippen LogP contribution in [0.5, 0.6) is 5.75 Å². The van der Waals surface area contributed by atoms with Crippen molar-refractivity contribution < 1.29 is 26.3 Å². The molecule has 174 valence electrons. The summed E-state index contributed by atoms with van der Waals surface area (Å²) in [5, 5.41) is 0. The number of likely N-dealkylation sites (tertiary alicyclic amines) is 1. The Hall–Kier alpha value is -2.91. The lowest BCUT2D eigenvalue weighted by molar-refractivity contribution is -0.274. The van der Waals surface area contributed by atoms with Crippen LogP contribution in [0, 0.1) is 5.92 Å². The Balaban J connectivity index is 1.35. The number of ether oxygens (including phenoxy) is 1. The van der Waals surface area contributed by atoms with Crippen molar-refractivity contribution in [3.63, 3.8) is 0 Å². The molecule has 0 amide bonds. The number of rotatable bonds is 7. The Morgan fingerprint density at radius 2 is 1.82 bits per heavy atom. The van der Waals surface area contributed by atoms with Crippen molar-refractivity contribution in [2.24, 2.45) is 5.92 Å². The molecule has 0 unspecified atom stereocenters. The van der Waals surface area contributed by atoms with Gasteiger partial charge in [0.2, 0.25) is 0 Å². The zero-order chi connectivity index (χ0) is 23.5. The summed E-state index contributed by atoms with van der Waals surface area (Å²) >= 11 is 0. The van der Waals surface area contributed by atoms with Crippen molar-refractivity contribution in [1.29, 1.82) is 0 Å². The average Bonchev–Trinajstić information content (AvgIpc) is 3.20. The molecule has 1 aromatic heterocycles. The minimum absolute atomic E-state index is 0.0880. The number of aromatic nitrogens is 1. The standard InChI is InChI=1S/C24H23F3N2O3S/c25-24(26,27)32-21-4-3-5-22(14-21)33(30,31)17-19-11-13-29(16-19)15-18-7-9-20(10-8-18)23-6-1-2-12-28-23/h1-10,12,14,19H,11,13,15-17H2/t19-/m1/s1. The van der Waals surface area contributed by atoms with E-state index in [0.717, 1.165) is 35.5 Å². The van der Waals surface area contributed by atoms with Crippen LogP contribution in [0.3, 0.4) is 0 Å². The molecule has 9 heteroatoms. The van der Waals surface area contributed by atoms with Crippen molar-refractivity contribution in [2.45, 2.75) is 24.2 Å². The molecule has 1 aliphatic rings. The summed E-state index contributed by atoms with van der Waals surface area (Å²) in [6, 6.07) is 18.5. The molecular weight excluding hydrogens is 453 g/mol. The fourth-order valence-corrected chi connectivity index (χ4v) is 5.70. The number of pyridine rings is 1. The van der Waals surface area contributed by atoms with E-state index in [1.807, 2.05) is 42.5 Å². The van der Waals surface area contributed by atoms with E-state index in [4.69, 9.17) is 0 Å². The lowest BCUT2D eigenvalue weighted by Crippen LogP contribution is -2.23. The number of hydrogen-bond acceptors (Lipinski definition) is 5. The molecular formula is C24H23F3N2O3S. The zero-order valence-electron chi connectivity index (χ0n) is 17.7. The van der Waals surface area contributed by atoms with Crippen molar-refractivity contribution >= 4 is 9.84 Å². The quantitative estimate of drug-likeness (QED) is 0.483. The largest absolute Gasteiger partial charge is 0.573 e. The van der Waals surface area contributed by atoms with Gasteiger partial charge in [-0.1, -0.05) is 36.4 Å². The molecule has 0 saturated carbocycles. The van der Waals surface area contributed by atoms with Crippen molar-refractivity contribution in [1.82, 2.24) is 9.88 Å². The van der Waals surface area contributed by atoms with Crippen LogP contribution in [0.2, 0.25) is 0 Å². The van der Waals surface area contributed by atoms with E-state index < -0.39 is 21.9 Å². The van der Waals surface area contributed by atoms with E-state index in [2.05, 4.69) is 14.6 Å². The number of hydrogen-bond donors (Lipinski definition) is 0. The van der Waals surface area contributed by atoms with Crippen LogP contribution < -0.4 is 4.74 Å². The van der Waals surface area contributed by atoms with Gasteiger partial charge in [-0.05, 0) is 54.8 Å². The molecule has 1 fully saturated rings. The second-order valence-corrected chi connectivity index (χ2v) is 10.1. The van der Waals surface area contributed by atoms with Crippen LogP contribution in [-0.4, -0.2) is 43.5 Å². The van der Waals surface area contributed by atoms with Gasteiger partial charge < -0.3 is 4.74 Å². The predicted molar refractivity (Wildman–Crippen MR) is 118 cm³/mol. The highest BCUT2D eigenvalue weighted by molar-refractivity contribution is 7.91. The molecule has 3 aromatic rings. The molecule has 1 aliphatic heterocycles. The van der Waals surface area contributed by atoms with Crippen LogP contribution in [0.1, 0.15) is 12.0 Å². The first-order chi connectivity index (χ1) is 15.7. The minimum atomic E-state index is -4.87. The molecule has 2 aromatic carbocycles. The van der Waals surface area contributed by atoms with Crippen LogP contribution >= 0.6 is 0 Å². The molecule has 1 saturated heterocycles. The van der Waals surface area contributed by atoms with Gasteiger partial charge in [-0.15, -0.1) is 13.2 Å². The highest BCUT2D eigenvalue weighted by atomic mass is 32.2. The zero-order valence-corrected chi connectivity index (χ0v) is 18.5. The number of sulfone groups is 1. The summed E-state index contributed by atoms with van der Waals surface area (Å²) in [6.07, 6.45) is -2.41. The van der Waals surface area contributed by atoms with Crippen LogP contribution in [0.15, 0.2) is 77.8 Å². The van der Waals surface area contributed by atoms with Gasteiger partial charge in [-0.3, -0.25) is 9.88 Å². The summed E-state index contributed by atoms with van der Waals surface area (Å²) in [6.45, 7) is 2.08. The predicted octanol–water partition coefficient (Wildman–Crippen LogP) is 4.94. The fourth-order valence-electron chi connectivity index (χ4n) is 4.04. The van der Waals surface area contributed by atoms with E-state index >= 15 is 0 Å². The van der Waals surface area contributed by atoms with E-state index in [0.29, 0.717) is 19.5 Å². The molecule has 33 heavy (non-hydrogen) atoms. The smallest absolute Gasteiger partial charge is 0.406 e. The number of alkyl halides is 3. The van der Waals surface area contributed by atoms with Crippen LogP contribution in [-0.2, 0) is 16.4 Å². The molecule has 4 rings (SSSR count). The SMILES string of the molecule is O=S(=O)(C[C@@H]1CCN(Cc2ccc(-c3ccccn3)cc2)C1)c1cccc(OC(F)(F)F)c1. The Morgan fingerprint density at radius 3 is 2.52 bits per heavy atom. The molecule has 0 aliphatic carbocycles. The topological polar surface area (TPSA) is 59.5 Å². The maximum Gasteiger partial charge on any atom is 0.573 e. The highest BCUT2D eigenvalue weighted by Crippen LogP contribution is 2.28. The van der Waals surface area contributed by atoms with Crippen molar-refractivity contribution in [3.8, 4) is 17.0 Å². The molecule has 1 atom stereocenters. The van der Waals surface area contributed by atoms with Gasteiger partial charge in [0.15, 0.2) is 9.84 Å². The molecule has 0 bridgehead atoms. The van der Waals surface area contributed by atoms with Gasteiger partial charge in [0.05, 0.1) is 16.3 Å². The van der Waals surface area contributed by atoms with Gasteiger partial charge >= 0.3 is 6.36 Å². The third kappa shape index (κ3) is 6.33. The Labute approximate surface area is 190 Å². The normalized spacial score (nSPS) is 17.2. The first-order valence-electron chi connectivity index (χ1n) is 10.5. The number of benzene rings is 2. The Bertz CT molecular complexity index is 1180. The third-order valence-electron chi connectivity index (χ3n) is 5.54. The lowest BCUT2D eigenvalue weighted by atomic mass is 10.1. The summed E-state index contributed by atoms with van der Waals surface area (Å²) < 4.78 is 66.8. The third-order valence-corrected chi connectivity index (χ3v) is 7.43. The van der Waals surface area contributed by atoms with E-state index in [-0.39, 0.29) is 16.6 Å². The number of nitrogens with zero attached hydrogens (tertiary/aromatic N) is 2. The van der Waals surface area contributed by atoms with Crippen LogP contribution in [0.25, 0.3) is 11.3 Å². The monoisotopic (exact) mass is 476 g/mol. The van der Waals surface area contributed by atoms with Crippen molar-refractivity contribution in [2.75, 3.05) is 18.8 Å². The average molecular weight is 477 g/mol. The van der Waals surface area contributed by atoms with E-state index in [1.165, 1.54) is 12.1 Å². The van der Waals surface area contributed by atoms with Gasteiger partial charge in [0.1, 0.15) is 5.75 Å². The van der Waals surface area contributed by atoms with E-state index in [9.17, 15) is 21.6 Å². The summed E-state index contributed by atoms with van der Waals surface area (Å²) in [4.78, 5) is 6.38. The number of halogens is 3. The second-order valence-electron chi connectivity index (χ2n) is 8.11. The Kier molecular flexibility index (Phi) is 6.71.